The summed E-state index contributed by atoms with van der Waals surface area (Å²) in [5, 5.41) is 4.14. The van der Waals surface area contributed by atoms with Gasteiger partial charge in [-0.05, 0) is 38.3 Å². The van der Waals surface area contributed by atoms with Crippen molar-refractivity contribution >= 4 is 5.91 Å². The number of amides is 1. The third-order valence-electron chi connectivity index (χ3n) is 5.21. The van der Waals surface area contributed by atoms with E-state index in [2.05, 4.69) is 10.1 Å². The predicted octanol–water partition coefficient (Wildman–Crippen LogP) is 4.51. The Labute approximate surface area is 159 Å². The highest BCUT2D eigenvalue weighted by atomic mass is 16.5. The molecule has 0 unspecified atom stereocenters. The van der Waals surface area contributed by atoms with Crippen molar-refractivity contribution in [3.63, 3.8) is 0 Å². The van der Waals surface area contributed by atoms with E-state index in [0.29, 0.717) is 11.7 Å². The van der Waals surface area contributed by atoms with E-state index in [4.69, 9.17) is 4.52 Å². The van der Waals surface area contributed by atoms with Crippen molar-refractivity contribution in [1.29, 1.82) is 0 Å². The standard InChI is InChI=1S/C22H23N3O2/c1-15-8-6-11-18(14-15)20-23-21(27-24-20)19-12-7-13-25(19)22(26)16(2)17-9-4-3-5-10-17/h3-6,8-11,14,16,19H,7,12-13H2,1-2H3/t16-,19-/m1/s1. The van der Waals surface area contributed by atoms with Gasteiger partial charge in [0.15, 0.2) is 0 Å². The highest BCUT2D eigenvalue weighted by Gasteiger charge is 2.36. The SMILES string of the molecule is Cc1cccc(-c2noc([C@H]3CCCN3C(=O)[C@H](C)c3ccccc3)n2)c1. The first kappa shape index (κ1) is 17.5. The summed E-state index contributed by atoms with van der Waals surface area (Å²) in [7, 11) is 0. The Kier molecular flexibility index (Phi) is 4.75. The van der Waals surface area contributed by atoms with Crippen LogP contribution >= 0.6 is 0 Å². The lowest BCUT2D eigenvalue weighted by Crippen LogP contribution is -2.34. The summed E-state index contributed by atoms with van der Waals surface area (Å²) in [5.41, 5.74) is 3.10. The smallest absolute Gasteiger partial charge is 0.249 e. The van der Waals surface area contributed by atoms with Crippen LogP contribution in [0, 0.1) is 6.92 Å². The minimum Gasteiger partial charge on any atom is -0.337 e. The topological polar surface area (TPSA) is 59.2 Å². The molecule has 27 heavy (non-hydrogen) atoms. The summed E-state index contributed by atoms with van der Waals surface area (Å²) in [6.07, 6.45) is 1.79. The van der Waals surface area contributed by atoms with Crippen LogP contribution in [0.25, 0.3) is 11.4 Å². The van der Waals surface area contributed by atoms with Gasteiger partial charge in [-0.25, -0.2) is 0 Å². The minimum atomic E-state index is -0.189. The molecule has 2 atom stereocenters. The predicted molar refractivity (Wildman–Crippen MR) is 103 cm³/mol. The molecule has 5 heteroatoms. The third kappa shape index (κ3) is 3.50. The summed E-state index contributed by atoms with van der Waals surface area (Å²) in [6.45, 7) is 4.72. The molecular weight excluding hydrogens is 338 g/mol. The number of carbonyl (C=O) groups excluding carboxylic acids is 1. The Balaban J connectivity index is 1.56. The van der Waals surface area contributed by atoms with Gasteiger partial charge >= 0.3 is 0 Å². The van der Waals surface area contributed by atoms with E-state index in [1.54, 1.807) is 0 Å². The molecule has 0 bridgehead atoms. The van der Waals surface area contributed by atoms with E-state index in [1.165, 1.54) is 0 Å². The first-order chi connectivity index (χ1) is 13.1. The molecular formula is C22H23N3O2. The molecule has 1 aliphatic heterocycles. The van der Waals surface area contributed by atoms with Crippen LogP contribution in [-0.4, -0.2) is 27.5 Å². The third-order valence-corrected chi connectivity index (χ3v) is 5.21. The van der Waals surface area contributed by atoms with E-state index < -0.39 is 0 Å². The summed E-state index contributed by atoms with van der Waals surface area (Å²) >= 11 is 0. The van der Waals surface area contributed by atoms with Crippen molar-refractivity contribution in [1.82, 2.24) is 15.0 Å². The molecule has 4 rings (SSSR count). The van der Waals surface area contributed by atoms with Gasteiger partial charge in [0.2, 0.25) is 17.6 Å². The fourth-order valence-electron chi connectivity index (χ4n) is 3.69. The molecule has 0 radical (unpaired) electrons. The molecule has 3 aromatic rings. The maximum Gasteiger partial charge on any atom is 0.249 e. The lowest BCUT2D eigenvalue weighted by Gasteiger charge is -2.25. The van der Waals surface area contributed by atoms with Gasteiger partial charge in [0.05, 0.1) is 5.92 Å². The van der Waals surface area contributed by atoms with Crippen molar-refractivity contribution in [2.24, 2.45) is 0 Å². The molecule has 2 aromatic carbocycles. The Bertz CT molecular complexity index is 935. The molecule has 2 heterocycles. The molecule has 0 saturated carbocycles. The monoisotopic (exact) mass is 361 g/mol. The molecule has 1 aromatic heterocycles. The number of nitrogens with zero attached hydrogens (tertiary/aromatic N) is 3. The average molecular weight is 361 g/mol. The van der Waals surface area contributed by atoms with Crippen LogP contribution in [0.2, 0.25) is 0 Å². The number of benzene rings is 2. The maximum atomic E-state index is 13.1. The zero-order chi connectivity index (χ0) is 18.8. The quantitative estimate of drug-likeness (QED) is 0.686. The summed E-state index contributed by atoms with van der Waals surface area (Å²) in [6, 6.07) is 17.8. The van der Waals surface area contributed by atoms with Crippen molar-refractivity contribution in [3.8, 4) is 11.4 Å². The van der Waals surface area contributed by atoms with E-state index >= 15 is 0 Å². The number of hydrogen-bond acceptors (Lipinski definition) is 4. The van der Waals surface area contributed by atoms with Crippen LogP contribution in [0.5, 0.6) is 0 Å². The largest absolute Gasteiger partial charge is 0.337 e. The number of aryl methyl sites for hydroxylation is 1. The zero-order valence-electron chi connectivity index (χ0n) is 15.6. The molecule has 1 fully saturated rings. The van der Waals surface area contributed by atoms with Crippen LogP contribution in [-0.2, 0) is 4.79 Å². The maximum absolute atomic E-state index is 13.1. The summed E-state index contributed by atoms with van der Waals surface area (Å²) in [5.74, 6) is 1.02. The van der Waals surface area contributed by atoms with Crippen molar-refractivity contribution < 1.29 is 9.32 Å². The molecule has 138 valence electrons. The Morgan fingerprint density at radius 2 is 2.00 bits per heavy atom. The van der Waals surface area contributed by atoms with Gasteiger partial charge in [-0.1, -0.05) is 59.3 Å². The first-order valence-electron chi connectivity index (χ1n) is 9.39. The van der Waals surface area contributed by atoms with E-state index in [1.807, 2.05) is 73.3 Å². The van der Waals surface area contributed by atoms with Gasteiger partial charge in [0.25, 0.3) is 0 Å². The molecule has 1 saturated heterocycles. The Hall–Kier alpha value is -2.95. The molecule has 0 spiro atoms. The van der Waals surface area contributed by atoms with Crippen LogP contribution < -0.4 is 0 Å². The molecule has 0 aliphatic carbocycles. The molecule has 5 nitrogen and oxygen atoms in total. The lowest BCUT2D eigenvalue weighted by atomic mass is 9.99. The van der Waals surface area contributed by atoms with Gasteiger partial charge in [-0.3, -0.25) is 4.79 Å². The Morgan fingerprint density at radius 3 is 2.78 bits per heavy atom. The van der Waals surface area contributed by atoms with Gasteiger partial charge in [-0.2, -0.15) is 4.98 Å². The number of carbonyl (C=O) groups is 1. The van der Waals surface area contributed by atoms with Crippen molar-refractivity contribution in [2.75, 3.05) is 6.54 Å². The van der Waals surface area contributed by atoms with Crippen LogP contribution in [0.4, 0.5) is 0 Å². The van der Waals surface area contributed by atoms with Crippen LogP contribution in [0.3, 0.4) is 0 Å². The number of aromatic nitrogens is 2. The summed E-state index contributed by atoms with van der Waals surface area (Å²) in [4.78, 5) is 19.6. The first-order valence-corrected chi connectivity index (χ1v) is 9.39. The minimum absolute atomic E-state index is 0.110. The van der Waals surface area contributed by atoms with Crippen LogP contribution in [0.15, 0.2) is 59.1 Å². The van der Waals surface area contributed by atoms with E-state index in [0.717, 1.165) is 36.1 Å². The zero-order valence-corrected chi connectivity index (χ0v) is 15.6. The second-order valence-electron chi connectivity index (χ2n) is 7.15. The highest BCUT2D eigenvalue weighted by Crippen LogP contribution is 2.34. The summed E-state index contributed by atoms with van der Waals surface area (Å²) < 4.78 is 5.55. The van der Waals surface area contributed by atoms with Gasteiger partial charge in [0.1, 0.15) is 6.04 Å². The molecule has 0 N–H and O–H groups in total. The average Bonchev–Trinajstić information content (AvgIpc) is 3.37. The normalized spacial score (nSPS) is 17.9. The van der Waals surface area contributed by atoms with Crippen molar-refractivity contribution in [3.05, 3.63) is 71.6 Å². The number of rotatable bonds is 4. The van der Waals surface area contributed by atoms with Crippen molar-refractivity contribution in [2.45, 2.75) is 38.6 Å². The Morgan fingerprint density at radius 1 is 1.19 bits per heavy atom. The van der Waals surface area contributed by atoms with Gasteiger partial charge < -0.3 is 9.42 Å². The molecule has 1 amide bonds. The highest BCUT2D eigenvalue weighted by molar-refractivity contribution is 5.84. The fourth-order valence-corrected chi connectivity index (χ4v) is 3.69. The van der Waals surface area contributed by atoms with E-state index in [-0.39, 0.29) is 17.9 Å². The number of hydrogen-bond donors (Lipinski definition) is 0. The fraction of sp³-hybridized carbons (Fsp3) is 0.318. The number of likely N-dealkylation sites (tertiary alicyclic amines) is 1. The second-order valence-corrected chi connectivity index (χ2v) is 7.15. The lowest BCUT2D eigenvalue weighted by molar-refractivity contribution is -0.133. The van der Waals surface area contributed by atoms with E-state index in [9.17, 15) is 4.79 Å². The molecule has 1 aliphatic rings. The van der Waals surface area contributed by atoms with Gasteiger partial charge in [0, 0.05) is 12.1 Å². The van der Waals surface area contributed by atoms with Crippen LogP contribution in [0.1, 0.15) is 48.7 Å². The second kappa shape index (κ2) is 7.35. The van der Waals surface area contributed by atoms with Gasteiger partial charge in [-0.15, -0.1) is 0 Å².